The van der Waals surface area contributed by atoms with E-state index in [9.17, 15) is 4.39 Å². The monoisotopic (exact) mass is 277 g/mol. The first-order chi connectivity index (χ1) is 10.3. The zero-order valence-electron chi connectivity index (χ0n) is 11.6. The Hall–Kier alpha value is -2.35. The molecule has 0 heterocycles. The molecule has 1 aliphatic rings. The van der Waals surface area contributed by atoms with E-state index < -0.39 is 0 Å². The Bertz CT molecular complexity index is 804. The van der Waals surface area contributed by atoms with Crippen LogP contribution in [0.1, 0.15) is 23.6 Å². The summed E-state index contributed by atoms with van der Waals surface area (Å²) >= 11 is 0. The molecule has 0 bridgehead atoms. The minimum absolute atomic E-state index is 0.139. The van der Waals surface area contributed by atoms with Crippen molar-refractivity contribution in [3.05, 3.63) is 77.6 Å². The number of halogens is 1. The van der Waals surface area contributed by atoms with Gasteiger partial charge in [-0.05, 0) is 47.6 Å². The number of anilines is 1. The van der Waals surface area contributed by atoms with E-state index in [1.165, 1.54) is 16.3 Å². The van der Waals surface area contributed by atoms with Gasteiger partial charge in [0.1, 0.15) is 5.82 Å². The van der Waals surface area contributed by atoms with E-state index in [1.807, 2.05) is 6.07 Å². The van der Waals surface area contributed by atoms with Crippen molar-refractivity contribution in [1.82, 2.24) is 0 Å². The van der Waals surface area contributed by atoms with Crippen LogP contribution in [-0.2, 0) is 6.42 Å². The van der Waals surface area contributed by atoms with E-state index in [0.717, 1.165) is 24.1 Å². The van der Waals surface area contributed by atoms with E-state index in [2.05, 4.69) is 47.8 Å². The molecule has 1 nitrogen and oxygen atoms in total. The number of fused-ring (bicyclic) bond motifs is 2. The standard InChI is InChI=1S/C19H16FN/c20-15-9-10-17-14(12-15)8-11-19(17)21-18-7-3-5-13-4-1-2-6-16(13)18/h1-7,9-10,12,19,21H,8,11H2. The lowest BCUT2D eigenvalue weighted by molar-refractivity contribution is 0.626. The summed E-state index contributed by atoms with van der Waals surface area (Å²) in [5.41, 5.74) is 3.51. The van der Waals surface area contributed by atoms with Gasteiger partial charge >= 0.3 is 0 Å². The highest BCUT2D eigenvalue weighted by Crippen LogP contribution is 2.35. The Kier molecular flexibility index (Phi) is 2.88. The molecule has 0 aliphatic heterocycles. The van der Waals surface area contributed by atoms with Gasteiger partial charge in [-0.2, -0.15) is 0 Å². The topological polar surface area (TPSA) is 12.0 Å². The Balaban J connectivity index is 1.71. The molecule has 0 saturated heterocycles. The van der Waals surface area contributed by atoms with Gasteiger partial charge in [0.25, 0.3) is 0 Å². The summed E-state index contributed by atoms with van der Waals surface area (Å²) in [6, 6.07) is 20.1. The average molecular weight is 277 g/mol. The third kappa shape index (κ3) is 2.17. The quantitative estimate of drug-likeness (QED) is 0.689. The van der Waals surface area contributed by atoms with Gasteiger partial charge in [-0.3, -0.25) is 0 Å². The van der Waals surface area contributed by atoms with Gasteiger partial charge in [-0.25, -0.2) is 4.39 Å². The van der Waals surface area contributed by atoms with Gasteiger partial charge in [0.2, 0.25) is 0 Å². The molecule has 3 aromatic carbocycles. The molecular formula is C19H16FN. The van der Waals surface area contributed by atoms with Crippen molar-refractivity contribution in [3.8, 4) is 0 Å². The maximum atomic E-state index is 13.3. The first-order valence-corrected chi connectivity index (χ1v) is 7.34. The van der Waals surface area contributed by atoms with Crippen molar-refractivity contribution in [2.45, 2.75) is 18.9 Å². The van der Waals surface area contributed by atoms with Crippen LogP contribution in [0, 0.1) is 5.82 Å². The molecule has 0 radical (unpaired) electrons. The molecule has 2 heteroatoms. The van der Waals surface area contributed by atoms with E-state index in [-0.39, 0.29) is 11.9 Å². The molecule has 1 unspecified atom stereocenters. The predicted molar refractivity (Wildman–Crippen MR) is 85.0 cm³/mol. The van der Waals surface area contributed by atoms with Crippen molar-refractivity contribution < 1.29 is 4.39 Å². The zero-order chi connectivity index (χ0) is 14.2. The van der Waals surface area contributed by atoms with Crippen LogP contribution < -0.4 is 5.32 Å². The van der Waals surface area contributed by atoms with Gasteiger partial charge in [0.05, 0.1) is 6.04 Å². The van der Waals surface area contributed by atoms with Crippen LogP contribution in [0.2, 0.25) is 0 Å². The second kappa shape index (κ2) is 4.88. The Morgan fingerprint density at radius 3 is 2.76 bits per heavy atom. The Morgan fingerprint density at radius 2 is 1.81 bits per heavy atom. The molecule has 21 heavy (non-hydrogen) atoms. The molecule has 104 valence electrons. The SMILES string of the molecule is Fc1ccc2c(c1)CCC2Nc1cccc2ccccc12. The van der Waals surface area contributed by atoms with Crippen molar-refractivity contribution in [3.63, 3.8) is 0 Å². The summed E-state index contributed by atoms with van der Waals surface area (Å²) in [6.45, 7) is 0. The molecule has 1 N–H and O–H groups in total. The Morgan fingerprint density at radius 1 is 0.952 bits per heavy atom. The van der Waals surface area contributed by atoms with Gasteiger partial charge in [0.15, 0.2) is 0 Å². The molecule has 1 aliphatic carbocycles. The van der Waals surface area contributed by atoms with Crippen LogP contribution in [0.15, 0.2) is 60.7 Å². The fourth-order valence-corrected chi connectivity index (χ4v) is 3.28. The largest absolute Gasteiger partial charge is 0.378 e. The lowest BCUT2D eigenvalue weighted by atomic mass is 10.1. The van der Waals surface area contributed by atoms with Gasteiger partial charge in [-0.1, -0.05) is 42.5 Å². The number of hydrogen-bond acceptors (Lipinski definition) is 1. The van der Waals surface area contributed by atoms with Crippen molar-refractivity contribution in [1.29, 1.82) is 0 Å². The first kappa shape index (κ1) is 12.4. The van der Waals surface area contributed by atoms with Gasteiger partial charge in [-0.15, -0.1) is 0 Å². The van der Waals surface area contributed by atoms with Gasteiger partial charge in [0, 0.05) is 11.1 Å². The molecule has 0 saturated carbocycles. The first-order valence-electron chi connectivity index (χ1n) is 7.34. The highest BCUT2D eigenvalue weighted by Gasteiger charge is 2.22. The number of nitrogens with one attached hydrogen (secondary N) is 1. The smallest absolute Gasteiger partial charge is 0.123 e. The minimum Gasteiger partial charge on any atom is -0.378 e. The second-order valence-corrected chi connectivity index (χ2v) is 5.61. The number of hydrogen-bond donors (Lipinski definition) is 1. The molecule has 4 rings (SSSR count). The second-order valence-electron chi connectivity index (χ2n) is 5.61. The normalized spacial score (nSPS) is 16.9. The van der Waals surface area contributed by atoms with Crippen molar-refractivity contribution in [2.24, 2.45) is 0 Å². The van der Waals surface area contributed by atoms with E-state index in [4.69, 9.17) is 0 Å². The van der Waals surface area contributed by atoms with Crippen LogP contribution in [-0.4, -0.2) is 0 Å². The van der Waals surface area contributed by atoms with Crippen molar-refractivity contribution in [2.75, 3.05) is 5.32 Å². The molecule has 0 spiro atoms. The maximum Gasteiger partial charge on any atom is 0.123 e. The molecule has 0 fully saturated rings. The maximum absolute atomic E-state index is 13.3. The highest BCUT2D eigenvalue weighted by atomic mass is 19.1. The summed E-state index contributed by atoms with van der Waals surface area (Å²) in [6.07, 6.45) is 1.96. The number of rotatable bonds is 2. The number of aryl methyl sites for hydroxylation is 1. The van der Waals surface area contributed by atoms with Crippen LogP contribution in [0.4, 0.5) is 10.1 Å². The lowest BCUT2D eigenvalue weighted by Crippen LogP contribution is -2.07. The summed E-state index contributed by atoms with van der Waals surface area (Å²) < 4.78 is 13.3. The average Bonchev–Trinajstić information content (AvgIpc) is 2.90. The van der Waals surface area contributed by atoms with Gasteiger partial charge < -0.3 is 5.32 Å². The molecule has 0 amide bonds. The summed E-state index contributed by atoms with van der Waals surface area (Å²) in [5.74, 6) is -0.139. The fraction of sp³-hybridized carbons (Fsp3) is 0.158. The third-order valence-corrected chi connectivity index (χ3v) is 4.30. The molecule has 1 atom stereocenters. The molecule has 0 aromatic heterocycles. The minimum atomic E-state index is -0.139. The number of benzene rings is 3. The fourth-order valence-electron chi connectivity index (χ4n) is 3.28. The zero-order valence-corrected chi connectivity index (χ0v) is 11.6. The van der Waals surface area contributed by atoms with Crippen LogP contribution in [0.25, 0.3) is 10.8 Å². The third-order valence-electron chi connectivity index (χ3n) is 4.30. The van der Waals surface area contributed by atoms with E-state index in [1.54, 1.807) is 12.1 Å². The lowest BCUT2D eigenvalue weighted by Gasteiger charge is -2.17. The summed E-state index contributed by atoms with van der Waals surface area (Å²) in [5, 5.41) is 6.11. The van der Waals surface area contributed by atoms with Crippen LogP contribution in [0.5, 0.6) is 0 Å². The van der Waals surface area contributed by atoms with Crippen LogP contribution >= 0.6 is 0 Å². The van der Waals surface area contributed by atoms with E-state index >= 15 is 0 Å². The van der Waals surface area contributed by atoms with E-state index in [0.29, 0.717) is 0 Å². The molecule has 3 aromatic rings. The van der Waals surface area contributed by atoms with Crippen LogP contribution in [0.3, 0.4) is 0 Å². The summed E-state index contributed by atoms with van der Waals surface area (Å²) in [4.78, 5) is 0. The predicted octanol–water partition coefficient (Wildman–Crippen LogP) is 5.08. The summed E-state index contributed by atoms with van der Waals surface area (Å²) in [7, 11) is 0. The molecular weight excluding hydrogens is 261 g/mol. The highest BCUT2D eigenvalue weighted by molar-refractivity contribution is 5.93. The Labute approximate surface area is 123 Å². The van der Waals surface area contributed by atoms with Crippen molar-refractivity contribution >= 4 is 16.5 Å².